The van der Waals surface area contributed by atoms with E-state index in [4.69, 9.17) is 5.11 Å². The fourth-order valence-corrected chi connectivity index (χ4v) is 2.28. The van der Waals surface area contributed by atoms with Crippen molar-refractivity contribution in [2.45, 2.75) is 25.8 Å². The van der Waals surface area contributed by atoms with Gasteiger partial charge in [0.1, 0.15) is 0 Å². The Hall–Kier alpha value is -1.88. The van der Waals surface area contributed by atoms with Crippen molar-refractivity contribution >= 4 is 11.9 Å². The second-order valence-corrected chi connectivity index (χ2v) is 4.62. The molecular weight excluding hydrogens is 244 g/mol. The third-order valence-electron chi connectivity index (χ3n) is 3.24. The third kappa shape index (κ3) is 3.54. The van der Waals surface area contributed by atoms with E-state index < -0.39 is 5.97 Å². The molecule has 0 atom stereocenters. The number of rotatable bonds is 5. The highest BCUT2D eigenvalue weighted by Crippen LogP contribution is 2.18. The van der Waals surface area contributed by atoms with Crippen LogP contribution in [0.3, 0.4) is 0 Å². The van der Waals surface area contributed by atoms with Crippen LogP contribution in [-0.4, -0.2) is 30.1 Å². The first-order valence-electron chi connectivity index (χ1n) is 6.50. The van der Waals surface area contributed by atoms with Gasteiger partial charge in [0, 0.05) is 25.1 Å². The maximum atomic E-state index is 12.1. The summed E-state index contributed by atoms with van der Waals surface area (Å²) in [6.07, 6.45) is 1.39. The van der Waals surface area contributed by atoms with Crippen molar-refractivity contribution in [3.05, 3.63) is 34.9 Å². The van der Waals surface area contributed by atoms with Crippen LogP contribution in [0.1, 0.15) is 34.3 Å². The zero-order valence-electron chi connectivity index (χ0n) is 10.7. The summed E-state index contributed by atoms with van der Waals surface area (Å²) < 4.78 is 0. The smallest absolute Gasteiger partial charge is 0.303 e. The van der Waals surface area contributed by atoms with Crippen LogP contribution in [-0.2, 0) is 17.8 Å². The number of carbonyl (C=O) groups is 2. The fourth-order valence-electron chi connectivity index (χ4n) is 2.28. The summed E-state index contributed by atoms with van der Waals surface area (Å²) >= 11 is 0. The lowest BCUT2D eigenvalue weighted by molar-refractivity contribution is -0.137. The lowest BCUT2D eigenvalue weighted by Crippen LogP contribution is -2.30. The molecule has 0 aromatic heterocycles. The van der Waals surface area contributed by atoms with Gasteiger partial charge >= 0.3 is 5.97 Å². The molecule has 2 rings (SSSR count). The quantitative estimate of drug-likeness (QED) is 0.690. The molecule has 1 aliphatic heterocycles. The van der Waals surface area contributed by atoms with Gasteiger partial charge < -0.3 is 15.7 Å². The van der Waals surface area contributed by atoms with Gasteiger partial charge in [0.2, 0.25) is 0 Å². The Bertz CT molecular complexity index is 486. The molecule has 3 N–H and O–H groups in total. The molecule has 1 heterocycles. The van der Waals surface area contributed by atoms with E-state index in [0.717, 1.165) is 25.1 Å². The second-order valence-electron chi connectivity index (χ2n) is 4.62. The van der Waals surface area contributed by atoms with E-state index in [-0.39, 0.29) is 12.3 Å². The molecule has 0 fully saturated rings. The van der Waals surface area contributed by atoms with Crippen molar-refractivity contribution in [1.29, 1.82) is 0 Å². The lowest BCUT2D eigenvalue weighted by Gasteiger charge is -2.19. The number of carboxylic acid groups (broad SMARTS) is 1. The van der Waals surface area contributed by atoms with Crippen molar-refractivity contribution in [3.8, 4) is 0 Å². The molecule has 1 aromatic carbocycles. The Balaban J connectivity index is 1.97. The fraction of sp³-hybridized carbons (Fsp3) is 0.429. The Labute approximate surface area is 112 Å². The molecule has 1 aromatic rings. The molecule has 5 heteroatoms. The highest BCUT2D eigenvalue weighted by atomic mass is 16.4. The van der Waals surface area contributed by atoms with Gasteiger partial charge in [-0.15, -0.1) is 0 Å². The Morgan fingerprint density at radius 1 is 1.37 bits per heavy atom. The van der Waals surface area contributed by atoms with E-state index in [1.165, 1.54) is 5.56 Å². The van der Waals surface area contributed by atoms with Crippen LogP contribution in [0.15, 0.2) is 18.2 Å². The van der Waals surface area contributed by atoms with Crippen LogP contribution in [0.4, 0.5) is 0 Å². The van der Waals surface area contributed by atoms with E-state index >= 15 is 0 Å². The third-order valence-corrected chi connectivity index (χ3v) is 3.24. The van der Waals surface area contributed by atoms with E-state index in [1.54, 1.807) is 0 Å². The molecule has 0 radical (unpaired) electrons. The van der Waals surface area contributed by atoms with Gasteiger partial charge in [0.25, 0.3) is 5.91 Å². The number of fused-ring (bicyclic) bond motifs is 1. The average Bonchev–Trinajstić information content (AvgIpc) is 2.42. The lowest BCUT2D eigenvalue weighted by atomic mass is 9.95. The molecule has 0 spiro atoms. The van der Waals surface area contributed by atoms with Gasteiger partial charge in [0.05, 0.1) is 0 Å². The van der Waals surface area contributed by atoms with E-state index in [2.05, 4.69) is 10.6 Å². The predicted molar refractivity (Wildman–Crippen MR) is 71.1 cm³/mol. The standard InChI is InChI=1S/C14H18N2O3/c17-13(18)5-2-7-16-14(19)12-4-1-3-10-9-15-8-6-11(10)12/h1,3-4,15H,2,5-9H2,(H,16,19)(H,17,18). The van der Waals surface area contributed by atoms with E-state index in [9.17, 15) is 9.59 Å². The van der Waals surface area contributed by atoms with Gasteiger partial charge in [-0.1, -0.05) is 12.1 Å². The predicted octanol–water partition coefficient (Wildman–Crippen LogP) is 0.927. The molecule has 102 valence electrons. The van der Waals surface area contributed by atoms with Crippen LogP contribution < -0.4 is 10.6 Å². The second kappa shape index (κ2) is 6.33. The number of amides is 1. The minimum absolute atomic E-state index is 0.0805. The van der Waals surface area contributed by atoms with Gasteiger partial charge in [-0.2, -0.15) is 0 Å². The number of carbonyl (C=O) groups excluding carboxylic acids is 1. The molecule has 0 unspecified atom stereocenters. The zero-order chi connectivity index (χ0) is 13.7. The van der Waals surface area contributed by atoms with Crippen molar-refractivity contribution < 1.29 is 14.7 Å². The van der Waals surface area contributed by atoms with Crippen molar-refractivity contribution in [2.24, 2.45) is 0 Å². The van der Waals surface area contributed by atoms with Gasteiger partial charge in [0.15, 0.2) is 0 Å². The molecule has 1 amide bonds. The maximum absolute atomic E-state index is 12.1. The molecule has 5 nitrogen and oxygen atoms in total. The van der Waals surface area contributed by atoms with Crippen LogP contribution in [0, 0.1) is 0 Å². The summed E-state index contributed by atoms with van der Waals surface area (Å²) in [4.78, 5) is 22.5. The minimum Gasteiger partial charge on any atom is -0.481 e. The van der Waals surface area contributed by atoms with Gasteiger partial charge in [-0.25, -0.2) is 0 Å². The van der Waals surface area contributed by atoms with E-state index in [0.29, 0.717) is 18.5 Å². The van der Waals surface area contributed by atoms with Gasteiger partial charge in [-0.3, -0.25) is 9.59 Å². The molecule has 1 aliphatic rings. The molecular formula is C14H18N2O3. The number of aliphatic carboxylic acids is 1. The first-order chi connectivity index (χ1) is 9.18. The number of benzene rings is 1. The van der Waals surface area contributed by atoms with Crippen LogP contribution in [0.2, 0.25) is 0 Å². The normalized spacial score (nSPS) is 13.7. The topological polar surface area (TPSA) is 78.4 Å². The first kappa shape index (κ1) is 13.5. The monoisotopic (exact) mass is 262 g/mol. The summed E-state index contributed by atoms with van der Waals surface area (Å²) in [5.74, 6) is -0.943. The SMILES string of the molecule is O=C(O)CCCNC(=O)c1cccc2c1CCNC2. The Morgan fingerprint density at radius 2 is 2.21 bits per heavy atom. The Kier molecular flexibility index (Phi) is 4.52. The molecule has 0 aliphatic carbocycles. The molecule has 19 heavy (non-hydrogen) atoms. The summed E-state index contributed by atoms with van der Waals surface area (Å²) in [5, 5.41) is 14.6. The minimum atomic E-state index is -0.836. The van der Waals surface area contributed by atoms with Crippen LogP contribution >= 0.6 is 0 Å². The maximum Gasteiger partial charge on any atom is 0.303 e. The van der Waals surface area contributed by atoms with Crippen molar-refractivity contribution in [3.63, 3.8) is 0 Å². The first-order valence-corrected chi connectivity index (χ1v) is 6.50. The van der Waals surface area contributed by atoms with Crippen molar-refractivity contribution in [1.82, 2.24) is 10.6 Å². The molecule has 0 saturated carbocycles. The Morgan fingerprint density at radius 3 is 3.00 bits per heavy atom. The number of carboxylic acids is 1. The summed E-state index contributed by atoms with van der Waals surface area (Å²) in [6, 6.07) is 5.75. The highest BCUT2D eigenvalue weighted by Gasteiger charge is 2.16. The van der Waals surface area contributed by atoms with Crippen molar-refractivity contribution in [2.75, 3.05) is 13.1 Å². The average molecular weight is 262 g/mol. The van der Waals surface area contributed by atoms with Crippen LogP contribution in [0.25, 0.3) is 0 Å². The summed E-state index contributed by atoms with van der Waals surface area (Å²) in [5.41, 5.74) is 3.00. The zero-order valence-corrected chi connectivity index (χ0v) is 10.7. The summed E-state index contributed by atoms with van der Waals surface area (Å²) in [6.45, 7) is 2.08. The number of hydrogen-bond donors (Lipinski definition) is 3. The summed E-state index contributed by atoms with van der Waals surface area (Å²) in [7, 11) is 0. The number of nitrogens with one attached hydrogen (secondary N) is 2. The number of hydrogen-bond acceptors (Lipinski definition) is 3. The molecule has 0 saturated heterocycles. The van der Waals surface area contributed by atoms with E-state index in [1.807, 2.05) is 18.2 Å². The largest absolute Gasteiger partial charge is 0.481 e. The molecule has 0 bridgehead atoms. The van der Waals surface area contributed by atoms with Gasteiger partial charge in [-0.05, 0) is 36.6 Å². The highest BCUT2D eigenvalue weighted by molar-refractivity contribution is 5.96. The van der Waals surface area contributed by atoms with Crippen LogP contribution in [0.5, 0.6) is 0 Å².